The van der Waals surface area contributed by atoms with Crippen LogP contribution in [0.2, 0.25) is 0 Å². The van der Waals surface area contributed by atoms with Crippen molar-refractivity contribution in [2.75, 3.05) is 11.4 Å². The largest absolute Gasteiger partial charge is 0.477 e. The van der Waals surface area contributed by atoms with Crippen molar-refractivity contribution in [1.29, 1.82) is 0 Å². The Labute approximate surface area is 162 Å². The highest BCUT2D eigenvalue weighted by Crippen LogP contribution is 2.33. The summed E-state index contributed by atoms with van der Waals surface area (Å²) in [6, 6.07) is 17.0. The number of amides is 2. The molecule has 1 N–H and O–H groups in total. The van der Waals surface area contributed by atoms with Crippen LogP contribution < -0.4 is 15.0 Å². The molecule has 3 aromatic rings. The number of carbonyl (C=O) groups is 2. The molecular formula is C21H20N4O3. The number of nitrogens with one attached hydrogen (secondary N) is 1. The second-order valence-electron chi connectivity index (χ2n) is 6.55. The van der Waals surface area contributed by atoms with Crippen LogP contribution in [-0.2, 0) is 16.1 Å². The van der Waals surface area contributed by atoms with E-state index in [1.807, 2.05) is 54.7 Å². The summed E-state index contributed by atoms with van der Waals surface area (Å²) in [7, 11) is 0. The molecule has 0 bridgehead atoms. The van der Waals surface area contributed by atoms with Crippen LogP contribution in [0.15, 0.2) is 67.0 Å². The Morgan fingerprint density at radius 2 is 1.89 bits per heavy atom. The van der Waals surface area contributed by atoms with Crippen molar-refractivity contribution in [3.63, 3.8) is 0 Å². The minimum Gasteiger partial charge on any atom is -0.477 e. The van der Waals surface area contributed by atoms with Crippen LogP contribution in [0.5, 0.6) is 5.75 Å². The summed E-state index contributed by atoms with van der Waals surface area (Å²) in [6.07, 6.45) is 2.82. The van der Waals surface area contributed by atoms with Gasteiger partial charge in [-0.1, -0.05) is 30.3 Å². The Balaban J connectivity index is 1.42. The molecule has 7 heteroatoms. The fourth-order valence-electron chi connectivity index (χ4n) is 3.15. The molecule has 1 atom stereocenters. The van der Waals surface area contributed by atoms with Gasteiger partial charge < -0.3 is 15.0 Å². The first kappa shape index (κ1) is 17.8. The molecule has 1 aromatic heterocycles. The molecule has 1 aliphatic heterocycles. The van der Waals surface area contributed by atoms with Gasteiger partial charge in [-0.15, -0.1) is 0 Å². The number of rotatable bonds is 4. The smallest absolute Gasteiger partial charge is 0.263 e. The van der Waals surface area contributed by atoms with Gasteiger partial charge in [-0.25, -0.2) is 4.68 Å². The summed E-state index contributed by atoms with van der Waals surface area (Å²) >= 11 is 0. The first-order chi connectivity index (χ1) is 13.6. The molecule has 0 spiro atoms. The summed E-state index contributed by atoms with van der Waals surface area (Å²) in [6.45, 7) is 1.99. The van der Waals surface area contributed by atoms with Crippen LogP contribution in [0.25, 0.3) is 5.69 Å². The predicted octanol–water partition coefficient (Wildman–Crippen LogP) is 2.30. The second kappa shape index (κ2) is 7.56. The molecule has 7 nitrogen and oxygen atoms in total. The Hall–Kier alpha value is -3.61. The maximum Gasteiger partial charge on any atom is 0.263 e. The van der Waals surface area contributed by atoms with Crippen molar-refractivity contribution in [2.24, 2.45) is 0 Å². The number of fused-ring (bicyclic) bond motifs is 1. The SMILES string of the molecule is CC(=O)N1C[C@@H](C(=O)NCc2cnn(-c3ccccc3)c2)Oc2ccccc21. The third-order valence-corrected chi connectivity index (χ3v) is 4.57. The summed E-state index contributed by atoms with van der Waals surface area (Å²) in [5.74, 6) is 0.131. The molecule has 0 saturated carbocycles. The molecule has 0 aliphatic carbocycles. The number of carbonyl (C=O) groups excluding carboxylic acids is 2. The summed E-state index contributed by atoms with van der Waals surface area (Å²) in [5, 5.41) is 7.19. The number of para-hydroxylation sites is 3. The molecule has 0 radical (unpaired) electrons. The minimum atomic E-state index is -0.761. The zero-order valence-electron chi connectivity index (χ0n) is 15.4. The lowest BCUT2D eigenvalue weighted by Crippen LogP contribution is -2.50. The number of hydrogen-bond donors (Lipinski definition) is 1. The lowest BCUT2D eigenvalue weighted by Gasteiger charge is -2.33. The lowest BCUT2D eigenvalue weighted by atomic mass is 10.1. The van der Waals surface area contributed by atoms with Gasteiger partial charge in [0, 0.05) is 25.2 Å². The van der Waals surface area contributed by atoms with Gasteiger partial charge in [0.1, 0.15) is 5.75 Å². The zero-order chi connectivity index (χ0) is 19.5. The van der Waals surface area contributed by atoms with E-state index in [-0.39, 0.29) is 18.4 Å². The molecule has 2 amide bonds. The van der Waals surface area contributed by atoms with Crippen molar-refractivity contribution in [3.05, 3.63) is 72.6 Å². The normalized spacial score (nSPS) is 15.5. The van der Waals surface area contributed by atoms with E-state index in [9.17, 15) is 9.59 Å². The number of nitrogens with zero attached hydrogens (tertiary/aromatic N) is 3. The van der Waals surface area contributed by atoms with Crippen LogP contribution in [0.1, 0.15) is 12.5 Å². The van der Waals surface area contributed by atoms with Gasteiger partial charge in [0.05, 0.1) is 24.1 Å². The Morgan fingerprint density at radius 1 is 1.14 bits per heavy atom. The van der Waals surface area contributed by atoms with Crippen LogP contribution in [-0.4, -0.2) is 34.2 Å². The molecule has 1 aliphatic rings. The number of ether oxygens (including phenoxy) is 1. The average molecular weight is 376 g/mol. The molecule has 28 heavy (non-hydrogen) atoms. The van der Waals surface area contributed by atoms with Crippen LogP contribution in [0.4, 0.5) is 5.69 Å². The molecule has 4 rings (SSSR count). The van der Waals surface area contributed by atoms with Crippen molar-refractivity contribution in [3.8, 4) is 11.4 Å². The van der Waals surface area contributed by atoms with Gasteiger partial charge in [0.25, 0.3) is 5.91 Å². The molecule has 0 saturated heterocycles. The first-order valence-corrected chi connectivity index (χ1v) is 9.02. The van der Waals surface area contributed by atoms with Crippen LogP contribution in [0.3, 0.4) is 0 Å². The van der Waals surface area contributed by atoms with E-state index in [2.05, 4.69) is 10.4 Å². The zero-order valence-corrected chi connectivity index (χ0v) is 15.4. The molecular weight excluding hydrogens is 356 g/mol. The predicted molar refractivity (Wildman–Crippen MR) is 104 cm³/mol. The number of hydrogen-bond acceptors (Lipinski definition) is 4. The highest BCUT2D eigenvalue weighted by Gasteiger charge is 2.32. The Morgan fingerprint density at radius 3 is 2.68 bits per heavy atom. The van der Waals surface area contributed by atoms with E-state index < -0.39 is 6.10 Å². The molecule has 0 unspecified atom stereocenters. The molecule has 0 fully saturated rings. The number of aromatic nitrogens is 2. The van der Waals surface area contributed by atoms with Gasteiger partial charge in [0.2, 0.25) is 5.91 Å². The highest BCUT2D eigenvalue weighted by atomic mass is 16.5. The van der Waals surface area contributed by atoms with E-state index >= 15 is 0 Å². The van der Waals surface area contributed by atoms with Crippen molar-refractivity contribution >= 4 is 17.5 Å². The minimum absolute atomic E-state index is 0.127. The standard InChI is InChI=1S/C21H20N4O3/c1-15(26)24-14-20(28-19-10-6-5-9-18(19)24)21(27)22-11-16-12-23-25(13-16)17-7-3-2-4-8-17/h2-10,12-13,20H,11,14H2,1H3,(H,22,27)/t20-/m0/s1. The van der Waals surface area contributed by atoms with E-state index in [0.29, 0.717) is 18.0 Å². The maximum absolute atomic E-state index is 12.6. The van der Waals surface area contributed by atoms with Gasteiger partial charge in [-0.05, 0) is 24.3 Å². The second-order valence-corrected chi connectivity index (χ2v) is 6.55. The van der Waals surface area contributed by atoms with Crippen molar-refractivity contribution < 1.29 is 14.3 Å². The maximum atomic E-state index is 12.6. The fraction of sp³-hybridized carbons (Fsp3) is 0.190. The van der Waals surface area contributed by atoms with Gasteiger partial charge in [0.15, 0.2) is 6.10 Å². The number of benzene rings is 2. The highest BCUT2D eigenvalue weighted by molar-refractivity contribution is 5.95. The average Bonchev–Trinajstić information content (AvgIpc) is 3.21. The number of anilines is 1. The topological polar surface area (TPSA) is 76.5 Å². The quantitative estimate of drug-likeness (QED) is 0.758. The van der Waals surface area contributed by atoms with Crippen molar-refractivity contribution in [2.45, 2.75) is 19.6 Å². The first-order valence-electron chi connectivity index (χ1n) is 9.02. The van der Waals surface area contributed by atoms with E-state index in [4.69, 9.17) is 4.74 Å². The van der Waals surface area contributed by atoms with Gasteiger partial charge in [-0.2, -0.15) is 5.10 Å². The monoisotopic (exact) mass is 376 g/mol. The van der Waals surface area contributed by atoms with E-state index in [0.717, 1.165) is 11.3 Å². The third kappa shape index (κ3) is 3.59. The fourth-order valence-corrected chi connectivity index (χ4v) is 3.15. The molecule has 2 heterocycles. The summed E-state index contributed by atoms with van der Waals surface area (Å²) in [5.41, 5.74) is 2.50. The van der Waals surface area contributed by atoms with Crippen LogP contribution >= 0.6 is 0 Å². The van der Waals surface area contributed by atoms with Crippen LogP contribution in [0, 0.1) is 0 Å². The Kier molecular flexibility index (Phi) is 4.80. The third-order valence-electron chi connectivity index (χ3n) is 4.57. The van der Waals surface area contributed by atoms with E-state index in [1.54, 1.807) is 21.8 Å². The molecule has 142 valence electrons. The Bertz CT molecular complexity index is 1000. The van der Waals surface area contributed by atoms with Gasteiger partial charge in [-0.3, -0.25) is 9.59 Å². The van der Waals surface area contributed by atoms with Crippen molar-refractivity contribution in [1.82, 2.24) is 15.1 Å². The van der Waals surface area contributed by atoms with E-state index in [1.165, 1.54) is 6.92 Å². The van der Waals surface area contributed by atoms with Gasteiger partial charge >= 0.3 is 0 Å². The summed E-state index contributed by atoms with van der Waals surface area (Å²) in [4.78, 5) is 26.2. The summed E-state index contributed by atoms with van der Waals surface area (Å²) < 4.78 is 7.57. The lowest BCUT2D eigenvalue weighted by molar-refractivity contribution is -0.128. The molecule has 2 aromatic carbocycles.